The first-order chi connectivity index (χ1) is 18.7. The van der Waals surface area contributed by atoms with Crippen molar-refractivity contribution in [1.29, 1.82) is 0 Å². The van der Waals surface area contributed by atoms with Gasteiger partial charge in [0.05, 0.1) is 46.2 Å². The summed E-state index contributed by atoms with van der Waals surface area (Å²) in [6, 6.07) is 4.79. The molecule has 0 amide bonds. The number of benzene rings is 1. The number of aromatic nitrogens is 9. The van der Waals surface area contributed by atoms with E-state index in [0.717, 1.165) is 28.2 Å². The van der Waals surface area contributed by atoms with Crippen molar-refractivity contribution in [3.63, 3.8) is 0 Å². The maximum absolute atomic E-state index is 13.7. The highest BCUT2D eigenvalue weighted by molar-refractivity contribution is 6.34. The van der Waals surface area contributed by atoms with Crippen molar-refractivity contribution in [3.8, 4) is 0 Å². The van der Waals surface area contributed by atoms with Gasteiger partial charge < -0.3 is 5.32 Å². The Bertz CT molecular complexity index is 1840. The second-order valence-electron chi connectivity index (χ2n) is 9.41. The molecule has 0 aliphatic heterocycles. The molecule has 1 fully saturated rings. The van der Waals surface area contributed by atoms with Gasteiger partial charge in [0.1, 0.15) is 6.33 Å². The van der Waals surface area contributed by atoms with E-state index in [1.54, 1.807) is 19.2 Å². The van der Waals surface area contributed by atoms with Gasteiger partial charge in [-0.2, -0.15) is 15.2 Å². The molecule has 0 radical (unpaired) electrons. The summed E-state index contributed by atoms with van der Waals surface area (Å²) in [7, 11) is 1.67. The van der Waals surface area contributed by atoms with Crippen LogP contribution in [0, 0.1) is 11.7 Å². The molecule has 0 saturated heterocycles. The third-order valence-corrected chi connectivity index (χ3v) is 6.91. The van der Waals surface area contributed by atoms with Crippen LogP contribution in [0.2, 0.25) is 10.0 Å². The van der Waals surface area contributed by atoms with Crippen LogP contribution in [0.1, 0.15) is 24.4 Å². The number of hydrogen-bond acceptors (Lipinski definition) is 8. The van der Waals surface area contributed by atoms with Gasteiger partial charge in [0.2, 0.25) is 5.95 Å². The minimum absolute atomic E-state index is 0.0795. The zero-order valence-corrected chi connectivity index (χ0v) is 22.1. The van der Waals surface area contributed by atoms with Crippen molar-refractivity contribution in [1.82, 2.24) is 43.6 Å². The third kappa shape index (κ3) is 5.27. The first kappa shape index (κ1) is 25.2. The number of fused-ring (bicyclic) bond motifs is 1. The highest BCUT2D eigenvalue weighted by Crippen LogP contribution is 2.33. The number of anilines is 2. The Labute approximate surface area is 229 Å². The Hall–Kier alpha value is -4.10. The SMILES string of the molecule is Cn1cnc(Cn2c(=O)nc(Nc3cc4cn(CC5CC5)nc4cc3Cl)n(Cc3cc(Cl)c(F)cn3)c2=O)n1. The number of aryl methyl sites for hydroxylation is 1. The topological polar surface area (TPSA) is 130 Å². The van der Waals surface area contributed by atoms with Crippen LogP contribution in [-0.2, 0) is 26.7 Å². The Morgan fingerprint density at radius 3 is 2.59 bits per heavy atom. The van der Waals surface area contributed by atoms with Gasteiger partial charge in [-0.25, -0.2) is 23.5 Å². The van der Waals surface area contributed by atoms with Gasteiger partial charge in [-0.15, -0.1) is 0 Å². The monoisotopic (exact) mass is 570 g/mol. The molecule has 200 valence electrons. The van der Waals surface area contributed by atoms with Crippen molar-refractivity contribution in [2.45, 2.75) is 32.5 Å². The van der Waals surface area contributed by atoms with E-state index in [2.05, 4.69) is 30.5 Å². The number of rotatable bonds is 8. The van der Waals surface area contributed by atoms with E-state index in [1.165, 1.54) is 34.5 Å². The molecule has 0 atom stereocenters. The molecule has 0 unspecified atom stereocenters. The molecule has 1 aliphatic carbocycles. The maximum atomic E-state index is 13.7. The molecule has 0 bridgehead atoms. The Kier molecular flexibility index (Phi) is 6.39. The molecular weight excluding hydrogens is 550 g/mol. The van der Waals surface area contributed by atoms with Crippen molar-refractivity contribution >= 4 is 45.7 Å². The molecule has 15 heteroatoms. The van der Waals surface area contributed by atoms with Gasteiger partial charge in [0, 0.05) is 25.2 Å². The van der Waals surface area contributed by atoms with E-state index >= 15 is 0 Å². The lowest BCUT2D eigenvalue weighted by molar-refractivity contribution is 0.567. The summed E-state index contributed by atoms with van der Waals surface area (Å²) in [5, 5.41) is 12.7. The van der Waals surface area contributed by atoms with Gasteiger partial charge in [-0.1, -0.05) is 23.2 Å². The lowest BCUT2D eigenvalue weighted by atomic mass is 10.2. The molecule has 1 aromatic carbocycles. The summed E-state index contributed by atoms with van der Waals surface area (Å²) in [6.07, 6.45) is 6.74. The summed E-state index contributed by atoms with van der Waals surface area (Å²) >= 11 is 12.5. The fraction of sp³-hybridized carbons (Fsp3) is 0.292. The summed E-state index contributed by atoms with van der Waals surface area (Å²) < 4.78 is 19.2. The molecule has 6 rings (SSSR count). The summed E-state index contributed by atoms with van der Waals surface area (Å²) in [4.78, 5) is 38.8. The highest BCUT2D eigenvalue weighted by Gasteiger charge is 2.23. The van der Waals surface area contributed by atoms with Crippen LogP contribution in [0.3, 0.4) is 0 Å². The largest absolute Gasteiger partial charge is 0.355 e. The molecule has 12 nitrogen and oxygen atoms in total. The fourth-order valence-corrected chi connectivity index (χ4v) is 4.55. The van der Waals surface area contributed by atoms with Gasteiger partial charge in [-0.3, -0.25) is 18.9 Å². The van der Waals surface area contributed by atoms with Crippen LogP contribution in [-0.4, -0.2) is 43.6 Å². The van der Waals surface area contributed by atoms with E-state index in [9.17, 15) is 14.0 Å². The normalized spacial score (nSPS) is 13.3. The molecule has 39 heavy (non-hydrogen) atoms. The molecule has 1 N–H and O–H groups in total. The lowest BCUT2D eigenvalue weighted by Gasteiger charge is -2.16. The fourth-order valence-electron chi connectivity index (χ4n) is 4.17. The van der Waals surface area contributed by atoms with E-state index < -0.39 is 17.2 Å². The summed E-state index contributed by atoms with van der Waals surface area (Å²) in [5.41, 5.74) is -0.103. The van der Waals surface area contributed by atoms with Crippen molar-refractivity contribution < 1.29 is 4.39 Å². The van der Waals surface area contributed by atoms with Crippen LogP contribution < -0.4 is 16.7 Å². The Morgan fingerprint density at radius 1 is 1.05 bits per heavy atom. The van der Waals surface area contributed by atoms with E-state index in [4.69, 9.17) is 23.2 Å². The number of hydrogen-bond donors (Lipinski definition) is 1. The second-order valence-corrected chi connectivity index (χ2v) is 10.2. The van der Waals surface area contributed by atoms with Crippen LogP contribution >= 0.6 is 23.2 Å². The predicted molar refractivity (Wildman–Crippen MR) is 142 cm³/mol. The minimum atomic E-state index is -0.814. The number of nitrogens with one attached hydrogen (secondary N) is 1. The second kappa shape index (κ2) is 9.89. The molecule has 4 aromatic heterocycles. The average molecular weight is 571 g/mol. The van der Waals surface area contributed by atoms with E-state index in [-0.39, 0.29) is 35.6 Å². The standard InChI is InChI=1S/C24H21Cl2FN10O2/c1-34-12-29-21(33-34)11-37-23(38)31-22(36(24(37)39)10-15-5-16(25)18(27)7-28-15)30-20-4-14-9-35(8-13-2-3-13)32-19(14)6-17(20)26/h4-7,9,12-13H,2-3,8,10-11H2,1H3,(H,30,31,38). The Balaban J connectivity index is 1.41. The Morgan fingerprint density at radius 2 is 1.87 bits per heavy atom. The lowest BCUT2D eigenvalue weighted by Crippen LogP contribution is -2.43. The molecule has 1 saturated carbocycles. The molecule has 4 heterocycles. The van der Waals surface area contributed by atoms with Crippen LogP contribution in [0.4, 0.5) is 16.0 Å². The number of nitrogens with zero attached hydrogens (tertiary/aromatic N) is 9. The van der Waals surface area contributed by atoms with Gasteiger partial charge in [-0.05, 0) is 37.0 Å². The van der Waals surface area contributed by atoms with E-state index in [1.807, 2.05) is 10.9 Å². The third-order valence-electron chi connectivity index (χ3n) is 6.31. The zero-order chi connectivity index (χ0) is 27.3. The molecule has 0 spiro atoms. The summed E-state index contributed by atoms with van der Waals surface area (Å²) in [5.74, 6) is 0.125. The first-order valence-electron chi connectivity index (χ1n) is 12.0. The van der Waals surface area contributed by atoms with Crippen molar-refractivity contribution in [3.05, 3.63) is 85.3 Å². The van der Waals surface area contributed by atoms with E-state index in [0.29, 0.717) is 16.6 Å². The number of pyridine rings is 1. The maximum Gasteiger partial charge on any atom is 0.355 e. The van der Waals surface area contributed by atoms with Crippen LogP contribution in [0.5, 0.6) is 0 Å². The van der Waals surface area contributed by atoms with Gasteiger partial charge in [0.25, 0.3) is 0 Å². The van der Waals surface area contributed by atoms with Gasteiger partial charge >= 0.3 is 11.4 Å². The molecule has 5 aromatic rings. The van der Waals surface area contributed by atoms with Gasteiger partial charge in [0.15, 0.2) is 11.6 Å². The first-order valence-corrected chi connectivity index (χ1v) is 12.8. The molecular formula is C24H21Cl2FN10O2. The molecule has 1 aliphatic rings. The highest BCUT2D eigenvalue weighted by atomic mass is 35.5. The summed E-state index contributed by atoms with van der Waals surface area (Å²) in [6.45, 7) is 0.478. The zero-order valence-electron chi connectivity index (χ0n) is 20.6. The van der Waals surface area contributed by atoms with Crippen LogP contribution in [0.25, 0.3) is 10.9 Å². The quantitative estimate of drug-likeness (QED) is 0.301. The van der Waals surface area contributed by atoms with Crippen molar-refractivity contribution in [2.24, 2.45) is 13.0 Å². The average Bonchev–Trinajstić information content (AvgIpc) is 3.48. The predicted octanol–water partition coefficient (Wildman–Crippen LogP) is 2.97. The smallest absolute Gasteiger partial charge is 0.324 e. The van der Waals surface area contributed by atoms with Crippen molar-refractivity contribution in [2.75, 3.05) is 5.32 Å². The van der Waals surface area contributed by atoms with Crippen LogP contribution in [0.15, 0.2) is 46.5 Å². The number of halogens is 3. The minimum Gasteiger partial charge on any atom is -0.324 e.